The van der Waals surface area contributed by atoms with Crippen LogP contribution in [-0.2, 0) is 6.42 Å². The predicted octanol–water partition coefficient (Wildman–Crippen LogP) is 2.92. The molecule has 1 aromatic carbocycles. The van der Waals surface area contributed by atoms with Gasteiger partial charge in [-0.05, 0) is 23.8 Å². The molecule has 17 heavy (non-hydrogen) atoms. The third kappa shape index (κ3) is 2.88. The van der Waals surface area contributed by atoms with Gasteiger partial charge in [-0.25, -0.2) is 4.98 Å². The van der Waals surface area contributed by atoms with Gasteiger partial charge in [0.15, 0.2) is 0 Å². The molecule has 0 aliphatic rings. The molecule has 0 amide bonds. The SMILES string of the molecule is COc1cccc(Cc2cc(Cl)cnc2N)c1. The average Bonchev–Trinajstić information content (AvgIpc) is 2.34. The van der Waals surface area contributed by atoms with Crippen molar-refractivity contribution in [3.8, 4) is 5.75 Å². The Bertz CT molecular complexity index is 529. The molecule has 2 aromatic rings. The molecule has 2 N–H and O–H groups in total. The summed E-state index contributed by atoms with van der Waals surface area (Å²) in [5, 5.41) is 0.595. The number of nitrogen functional groups attached to an aromatic ring is 1. The van der Waals surface area contributed by atoms with Crippen molar-refractivity contribution in [2.24, 2.45) is 0 Å². The van der Waals surface area contributed by atoms with Crippen molar-refractivity contribution >= 4 is 17.4 Å². The molecule has 0 saturated heterocycles. The summed E-state index contributed by atoms with van der Waals surface area (Å²) in [4.78, 5) is 4.03. The lowest BCUT2D eigenvalue weighted by Crippen LogP contribution is -1.98. The van der Waals surface area contributed by atoms with E-state index in [0.29, 0.717) is 17.3 Å². The molecule has 0 atom stereocenters. The number of nitrogens with two attached hydrogens (primary N) is 1. The summed E-state index contributed by atoms with van der Waals surface area (Å²) in [6.45, 7) is 0. The lowest BCUT2D eigenvalue weighted by atomic mass is 10.1. The quantitative estimate of drug-likeness (QED) is 0.909. The molecule has 0 spiro atoms. The number of anilines is 1. The molecule has 0 fully saturated rings. The number of aromatic nitrogens is 1. The van der Waals surface area contributed by atoms with Crippen LogP contribution in [0, 0.1) is 0 Å². The van der Waals surface area contributed by atoms with Gasteiger partial charge in [0.25, 0.3) is 0 Å². The number of ether oxygens (including phenoxy) is 1. The van der Waals surface area contributed by atoms with E-state index in [-0.39, 0.29) is 0 Å². The van der Waals surface area contributed by atoms with Crippen LogP contribution in [0.2, 0.25) is 5.02 Å². The highest BCUT2D eigenvalue weighted by molar-refractivity contribution is 6.30. The molecule has 1 aromatic heterocycles. The summed E-state index contributed by atoms with van der Waals surface area (Å²) in [6.07, 6.45) is 2.24. The van der Waals surface area contributed by atoms with E-state index in [1.807, 2.05) is 30.3 Å². The Morgan fingerprint density at radius 3 is 2.94 bits per heavy atom. The Hall–Kier alpha value is -1.74. The third-order valence-electron chi connectivity index (χ3n) is 2.50. The normalized spacial score (nSPS) is 10.2. The smallest absolute Gasteiger partial charge is 0.126 e. The Morgan fingerprint density at radius 1 is 1.35 bits per heavy atom. The topological polar surface area (TPSA) is 48.1 Å². The minimum Gasteiger partial charge on any atom is -0.497 e. The van der Waals surface area contributed by atoms with Gasteiger partial charge >= 0.3 is 0 Å². The fraction of sp³-hybridized carbons (Fsp3) is 0.154. The molecule has 3 nitrogen and oxygen atoms in total. The van der Waals surface area contributed by atoms with Crippen molar-refractivity contribution in [3.63, 3.8) is 0 Å². The van der Waals surface area contributed by atoms with E-state index in [1.165, 1.54) is 0 Å². The van der Waals surface area contributed by atoms with Crippen molar-refractivity contribution in [1.29, 1.82) is 0 Å². The van der Waals surface area contributed by atoms with Crippen LogP contribution in [0.15, 0.2) is 36.5 Å². The minimum atomic E-state index is 0.511. The van der Waals surface area contributed by atoms with Gasteiger partial charge in [0.05, 0.1) is 12.1 Å². The number of nitrogens with zero attached hydrogens (tertiary/aromatic N) is 1. The van der Waals surface area contributed by atoms with Crippen molar-refractivity contribution < 1.29 is 4.74 Å². The van der Waals surface area contributed by atoms with E-state index in [1.54, 1.807) is 13.3 Å². The van der Waals surface area contributed by atoms with E-state index >= 15 is 0 Å². The van der Waals surface area contributed by atoms with Crippen LogP contribution < -0.4 is 10.5 Å². The molecular formula is C13H13ClN2O. The van der Waals surface area contributed by atoms with E-state index in [2.05, 4.69) is 4.98 Å². The summed E-state index contributed by atoms with van der Waals surface area (Å²) in [6, 6.07) is 9.68. The van der Waals surface area contributed by atoms with Crippen LogP contribution in [0.4, 0.5) is 5.82 Å². The first-order chi connectivity index (χ1) is 8.19. The van der Waals surface area contributed by atoms with Gasteiger partial charge in [0.1, 0.15) is 11.6 Å². The van der Waals surface area contributed by atoms with Crippen LogP contribution >= 0.6 is 11.6 Å². The zero-order chi connectivity index (χ0) is 12.3. The summed E-state index contributed by atoms with van der Waals surface area (Å²) < 4.78 is 5.17. The van der Waals surface area contributed by atoms with Crippen LogP contribution in [0.25, 0.3) is 0 Å². The van der Waals surface area contributed by atoms with Gasteiger partial charge < -0.3 is 10.5 Å². The lowest BCUT2D eigenvalue weighted by molar-refractivity contribution is 0.414. The van der Waals surface area contributed by atoms with E-state index < -0.39 is 0 Å². The number of hydrogen-bond donors (Lipinski definition) is 1. The maximum absolute atomic E-state index is 5.90. The van der Waals surface area contributed by atoms with Gasteiger partial charge in [-0.1, -0.05) is 23.7 Å². The summed E-state index contributed by atoms with van der Waals surface area (Å²) in [7, 11) is 1.65. The zero-order valence-electron chi connectivity index (χ0n) is 9.48. The number of pyridine rings is 1. The first-order valence-electron chi connectivity index (χ1n) is 5.22. The molecule has 0 aliphatic carbocycles. The maximum Gasteiger partial charge on any atom is 0.126 e. The number of halogens is 1. The number of hydrogen-bond acceptors (Lipinski definition) is 3. The Balaban J connectivity index is 2.27. The standard InChI is InChI=1S/C13H13ClN2O/c1-17-12-4-2-3-9(6-12)5-10-7-11(14)8-16-13(10)15/h2-4,6-8H,5H2,1H3,(H2,15,16). The van der Waals surface area contributed by atoms with Crippen LogP contribution in [0.3, 0.4) is 0 Å². The summed E-state index contributed by atoms with van der Waals surface area (Å²) >= 11 is 5.90. The van der Waals surface area contributed by atoms with Gasteiger partial charge in [0.2, 0.25) is 0 Å². The molecule has 1 heterocycles. The summed E-state index contributed by atoms with van der Waals surface area (Å²) in [5.74, 6) is 1.34. The minimum absolute atomic E-state index is 0.511. The summed E-state index contributed by atoms with van der Waals surface area (Å²) in [5.41, 5.74) is 7.84. The maximum atomic E-state index is 5.90. The third-order valence-corrected chi connectivity index (χ3v) is 2.70. The Labute approximate surface area is 105 Å². The molecule has 2 rings (SSSR count). The van der Waals surface area contributed by atoms with Crippen molar-refractivity contribution in [2.75, 3.05) is 12.8 Å². The molecule has 0 saturated carbocycles. The molecule has 0 aliphatic heterocycles. The molecule has 88 valence electrons. The van der Waals surface area contributed by atoms with Gasteiger partial charge in [-0.2, -0.15) is 0 Å². The Morgan fingerprint density at radius 2 is 2.18 bits per heavy atom. The van der Waals surface area contributed by atoms with E-state index in [0.717, 1.165) is 16.9 Å². The predicted molar refractivity (Wildman–Crippen MR) is 69.5 cm³/mol. The molecular weight excluding hydrogens is 236 g/mol. The number of benzene rings is 1. The highest BCUT2D eigenvalue weighted by Gasteiger charge is 2.04. The van der Waals surface area contributed by atoms with Crippen LogP contribution in [0.1, 0.15) is 11.1 Å². The van der Waals surface area contributed by atoms with Crippen LogP contribution in [0.5, 0.6) is 5.75 Å². The second-order valence-corrected chi connectivity index (χ2v) is 4.16. The van der Waals surface area contributed by atoms with Gasteiger partial charge in [0, 0.05) is 18.2 Å². The molecule has 4 heteroatoms. The van der Waals surface area contributed by atoms with Crippen LogP contribution in [-0.4, -0.2) is 12.1 Å². The van der Waals surface area contributed by atoms with Crippen molar-refractivity contribution in [1.82, 2.24) is 4.98 Å². The monoisotopic (exact) mass is 248 g/mol. The van der Waals surface area contributed by atoms with E-state index in [9.17, 15) is 0 Å². The second kappa shape index (κ2) is 5.06. The van der Waals surface area contributed by atoms with Gasteiger partial charge in [-0.15, -0.1) is 0 Å². The first kappa shape index (κ1) is 11.7. The first-order valence-corrected chi connectivity index (χ1v) is 5.59. The fourth-order valence-corrected chi connectivity index (χ4v) is 1.82. The highest BCUT2D eigenvalue weighted by atomic mass is 35.5. The van der Waals surface area contributed by atoms with Crippen molar-refractivity contribution in [3.05, 3.63) is 52.7 Å². The largest absolute Gasteiger partial charge is 0.497 e. The molecule has 0 radical (unpaired) electrons. The zero-order valence-corrected chi connectivity index (χ0v) is 10.2. The lowest BCUT2D eigenvalue weighted by Gasteiger charge is -2.07. The second-order valence-electron chi connectivity index (χ2n) is 3.73. The van der Waals surface area contributed by atoms with E-state index in [4.69, 9.17) is 22.1 Å². The van der Waals surface area contributed by atoms with Crippen molar-refractivity contribution in [2.45, 2.75) is 6.42 Å². The molecule has 0 unspecified atom stereocenters. The Kier molecular flexibility index (Phi) is 3.49. The molecule has 0 bridgehead atoms. The average molecular weight is 249 g/mol. The fourth-order valence-electron chi connectivity index (χ4n) is 1.64. The van der Waals surface area contributed by atoms with Gasteiger partial charge in [-0.3, -0.25) is 0 Å². The number of methoxy groups -OCH3 is 1. The highest BCUT2D eigenvalue weighted by Crippen LogP contribution is 2.20. The number of rotatable bonds is 3.